The Hall–Kier alpha value is -4.04. The molecule has 0 radical (unpaired) electrons. The number of hydrogen-bond donors (Lipinski definition) is 2. The number of benzene rings is 3. The first-order valence-corrected chi connectivity index (χ1v) is 14.5. The number of aryl methyl sites for hydroxylation is 2. The van der Waals surface area contributed by atoms with Crippen LogP contribution < -0.4 is 15.4 Å². The quantitative estimate of drug-likeness (QED) is 0.336. The lowest BCUT2D eigenvalue weighted by Gasteiger charge is -2.44. The summed E-state index contributed by atoms with van der Waals surface area (Å²) in [6.45, 7) is 5.50. The van der Waals surface area contributed by atoms with E-state index in [1.54, 1.807) is 6.92 Å². The number of carbonyl (C=O) groups excluding carboxylic acids is 2. The normalized spacial score (nSPS) is 18.1. The molecule has 3 aromatic carbocycles. The molecule has 2 unspecified atom stereocenters. The molecule has 0 saturated carbocycles. The van der Waals surface area contributed by atoms with Crippen molar-refractivity contribution >= 4 is 17.4 Å². The van der Waals surface area contributed by atoms with Crippen LogP contribution in [0.3, 0.4) is 0 Å². The Bertz CT molecular complexity index is 1470. The second-order valence-electron chi connectivity index (χ2n) is 11.1. The zero-order valence-corrected chi connectivity index (χ0v) is 24.1. The van der Waals surface area contributed by atoms with E-state index in [0.29, 0.717) is 44.5 Å². The lowest BCUT2D eigenvalue weighted by atomic mass is 9.83. The first-order chi connectivity index (χ1) is 20.3. The molecule has 42 heavy (non-hydrogen) atoms. The van der Waals surface area contributed by atoms with E-state index in [0.717, 1.165) is 29.2 Å². The number of fused-ring (bicyclic) bond motifs is 2. The fraction of sp³-hybridized carbons (Fsp3) is 0.353. The van der Waals surface area contributed by atoms with Crippen LogP contribution >= 0.6 is 0 Å². The van der Waals surface area contributed by atoms with Gasteiger partial charge in [0.15, 0.2) is 11.6 Å². The fourth-order valence-corrected chi connectivity index (χ4v) is 5.86. The predicted molar refractivity (Wildman–Crippen MR) is 159 cm³/mol. The van der Waals surface area contributed by atoms with Crippen molar-refractivity contribution in [2.24, 2.45) is 0 Å². The number of halogens is 2. The Kier molecular flexibility index (Phi) is 9.32. The minimum atomic E-state index is -0.969. The Labute approximate surface area is 245 Å². The van der Waals surface area contributed by atoms with Gasteiger partial charge in [-0.2, -0.15) is 4.39 Å². The summed E-state index contributed by atoms with van der Waals surface area (Å²) in [5.41, 5.74) is 6.19. The number of carbonyl (C=O) groups is 2. The first kappa shape index (κ1) is 29.5. The molecule has 0 spiro atoms. The van der Waals surface area contributed by atoms with Gasteiger partial charge in [-0.25, -0.2) is 4.39 Å². The third-order valence-corrected chi connectivity index (χ3v) is 8.12. The number of nitrogens with one attached hydrogen (secondary N) is 2. The Balaban J connectivity index is 1.28. The highest BCUT2D eigenvalue weighted by Gasteiger charge is 2.38. The summed E-state index contributed by atoms with van der Waals surface area (Å²) >= 11 is 0. The van der Waals surface area contributed by atoms with Crippen molar-refractivity contribution in [3.05, 3.63) is 106 Å². The maximum atomic E-state index is 13.8. The lowest BCUT2D eigenvalue weighted by molar-refractivity contribution is -0.131. The van der Waals surface area contributed by atoms with Crippen molar-refractivity contribution in [3.63, 3.8) is 0 Å². The molecule has 2 bridgehead atoms. The molecular formula is C34H37F2N3O3. The summed E-state index contributed by atoms with van der Waals surface area (Å²) < 4.78 is 32.6. The SMILES string of the molecule is CC(=O)N1CC2CC(c3ccc(CCCOc4cccc(F)c4F)cc3)=C(C(=O)NCCc3ccccc3C)C(C1)N2. The molecule has 2 heterocycles. The Morgan fingerprint density at radius 3 is 2.55 bits per heavy atom. The molecule has 5 rings (SSSR count). The van der Waals surface area contributed by atoms with Crippen molar-refractivity contribution in [2.75, 3.05) is 26.2 Å². The van der Waals surface area contributed by atoms with E-state index in [9.17, 15) is 18.4 Å². The molecule has 2 aliphatic rings. The number of rotatable bonds is 10. The maximum absolute atomic E-state index is 13.8. The van der Waals surface area contributed by atoms with Crippen LogP contribution in [-0.2, 0) is 22.4 Å². The average Bonchev–Trinajstić information content (AvgIpc) is 2.98. The highest BCUT2D eigenvalue weighted by Crippen LogP contribution is 2.33. The van der Waals surface area contributed by atoms with E-state index in [2.05, 4.69) is 29.7 Å². The molecule has 6 nitrogen and oxygen atoms in total. The van der Waals surface area contributed by atoms with Gasteiger partial charge in [0.25, 0.3) is 0 Å². The number of amides is 2. The third-order valence-electron chi connectivity index (χ3n) is 8.12. The minimum Gasteiger partial charge on any atom is -0.490 e. The molecule has 0 aliphatic carbocycles. The van der Waals surface area contributed by atoms with Gasteiger partial charge in [-0.05, 0) is 72.6 Å². The van der Waals surface area contributed by atoms with Gasteiger partial charge in [0.05, 0.1) is 12.6 Å². The van der Waals surface area contributed by atoms with Crippen molar-refractivity contribution in [1.29, 1.82) is 0 Å². The number of piperazine rings is 1. The topological polar surface area (TPSA) is 70.7 Å². The Morgan fingerprint density at radius 1 is 1.00 bits per heavy atom. The predicted octanol–water partition coefficient (Wildman–Crippen LogP) is 4.99. The largest absolute Gasteiger partial charge is 0.490 e. The monoisotopic (exact) mass is 573 g/mol. The standard InChI is InChI=1S/C34H37F2N3O3/c1-22-7-3-4-9-25(22)16-17-37-34(41)32-28(19-27-20-39(23(2)40)21-30(32)38-27)26-14-12-24(13-15-26)8-6-18-42-31-11-5-10-29(35)33(31)36/h3-5,7,9-15,27,30,38H,6,8,16-21H2,1-2H3,(H,37,41). The van der Waals surface area contributed by atoms with E-state index in [1.807, 2.05) is 41.3 Å². The van der Waals surface area contributed by atoms with Gasteiger partial charge >= 0.3 is 0 Å². The second-order valence-corrected chi connectivity index (χ2v) is 11.1. The summed E-state index contributed by atoms with van der Waals surface area (Å²) in [7, 11) is 0. The van der Waals surface area contributed by atoms with Gasteiger partial charge in [-0.1, -0.05) is 54.6 Å². The van der Waals surface area contributed by atoms with Gasteiger partial charge in [-0.15, -0.1) is 0 Å². The number of ether oxygens (including phenoxy) is 1. The van der Waals surface area contributed by atoms with E-state index >= 15 is 0 Å². The zero-order valence-electron chi connectivity index (χ0n) is 24.1. The highest BCUT2D eigenvalue weighted by molar-refractivity contribution is 6.03. The molecule has 1 saturated heterocycles. The van der Waals surface area contributed by atoms with E-state index in [-0.39, 0.29) is 36.3 Å². The van der Waals surface area contributed by atoms with Crippen LogP contribution in [0.1, 0.15) is 42.0 Å². The van der Waals surface area contributed by atoms with Crippen LogP contribution in [0.25, 0.3) is 5.57 Å². The van der Waals surface area contributed by atoms with Crippen molar-refractivity contribution in [3.8, 4) is 5.75 Å². The summed E-state index contributed by atoms with van der Waals surface area (Å²) in [5, 5.41) is 6.71. The van der Waals surface area contributed by atoms with Crippen LogP contribution in [0.15, 0.2) is 72.3 Å². The highest BCUT2D eigenvalue weighted by atomic mass is 19.2. The minimum absolute atomic E-state index is 0.0164. The zero-order chi connectivity index (χ0) is 29.6. The molecule has 2 aliphatic heterocycles. The summed E-state index contributed by atoms with van der Waals surface area (Å²) in [4.78, 5) is 27.7. The molecular weight excluding hydrogens is 536 g/mol. The van der Waals surface area contributed by atoms with Gasteiger partial charge < -0.3 is 20.3 Å². The van der Waals surface area contributed by atoms with Crippen LogP contribution in [-0.4, -0.2) is 55.0 Å². The molecule has 3 aromatic rings. The summed E-state index contributed by atoms with van der Waals surface area (Å²) in [6.07, 6.45) is 2.74. The van der Waals surface area contributed by atoms with Gasteiger partial charge in [0.1, 0.15) is 0 Å². The molecule has 2 atom stereocenters. The second kappa shape index (κ2) is 13.3. The average molecular weight is 574 g/mol. The molecule has 220 valence electrons. The van der Waals surface area contributed by atoms with Crippen LogP contribution in [0.2, 0.25) is 0 Å². The molecule has 1 fully saturated rings. The molecule has 2 N–H and O–H groups in total. The van der Waals surface area contributed by atoms with Crippen LogP contribution in [0, 0.1) is 18.6 Å². The van der Waals surface area contributed by atoms with E-state index < -0.39 is 11.6 Å². The summed E-state index contributed by atoms with van der Waals surface area (Å²) in [5.74, 6) is -2.06. The number of nitrogens with zero attached hydrogens (tertiary/aromatic N) is 1. The van der Waals surface area contributed by atoms with Gasteiger partial charge in [-0.3, -0.25) is 9.59 Å². The van der Waals surface area contributed by atoms with Gasteiger partial charge in [0.2, 0.25) is 17.6 Å². The van der Waals surface area contributed by atoms with Gasteiger partial charge in [0, 0.05) is 38.2 Å². The van der Waals surface area contributed by atoms with Crippen molar-refractivity contribution < 1.29 is 23.1 Å². The first-order valence-electron chi connectivity index (χ1n) is 14.5. The van der Waals surface area contributed by atoms with E-state index in [4.69, 9.17) is 4.74 Å². The maximum Gasteiger partial charge on any atom is 0.249 e. The van der Waals surface area contributed by atoms with Crippen LogP contribution in [0.5, 0.6) is 5.75 Å². The van der Waals surface area contributed by atoms with Crippen molar-refractivity contribution in [2.45, 2.75) is 51.6 Å². The van der Waals surface area contributed by atoms with E-state index in [1.165, 1.54) is 23.3 Å². The smallest absolute Gasteiger partial charge is 0.249 e. The van der Waals surface area contributed by atoms with Crippen LogP contribution in [0.4, 0.5) is 8.78 Å². The third kappa shape index (κ3) is 6.87. The lowest BCUT2D eigenvalue weighted by Crippen LogP contribution is -2.61. The van der Waals surface area contributed by atoms with Crippen molar-refractivity contribution in [1.82, 2.24) is 15.5 Å². The number of hydrogen-bond acceptors (Lipinski definition) is 4. The molecule has 8 heteroatoms. The molecule has 2 amide bonds. The summed E-state index contributed by atoms with van der Waals surface area (Å²) in [6, 6.07) is 20.1. The Morgan fingerprint density at radius 2 is 1.79 bits per heavy atom. The molecule has 0 aromatic heterocycles. The fourth-order valence-electron chi connectivity index (χ4n) is 5.86.